The Bertz CT molecular complexity index is 596. The van der Waals surface area contributed by atoms with E-state index in [-0.39, 0.29) is 17.4 Å². The lowest BCUT2D eigenvalue weighted by molar-refractivity contribution is 0.0985. The summed E-state index contributed by atoms with van der Waals surface area (Å²) in [6.07, 6.45) is 0.290. The molecule has 0 fully saturated rings. The van der Waals surface area contributed by atoms with Crippen molar-refractivity contribution in [3.05, 3.63) is 65.7 Å². The molecule has 0 aliphatic carbocycles. The number of anilines is 1. The van der Waals surface area contributed by atoms with Crippen molar-refractivity contribution in [1.82, 2.24) is 0 Å². The first-order chi connectivity index (χ1) is 9.56. The van der Waals surface area contributed by atoms with Gasteiger partial charge in [0, 0.05) is 31.3 Å². The van der Waals surface area contributed by atoms with Gasteiger partial charge in [0.2, 0.25) is 0 Å². The molecule has 0 amide bonds. The normalized spacial score (nSPS) is 10.3. The minimum absolute atomic E-state index is 0.0618. The summed E-state index contributed by atoms with van der Waals surface area (Å²) in [6, 6.07) is 11.7. The maximum absolute atomic E-state index is 13.1. The molecular weight excluding hydrogens is 260 g/mol. The first-order valence-electron chi connectivity index (χ1n) is 6.32. The van der Waals surface area contributed by atoms with E-state index in [0.717, 1.165) is 5.69 Å². The Morgan fingerprint density at radius 2 is 1.75 bits per heavy atom. The number of Topliss-reactive ketones (excluding diaryl/α,β-unsaturated/α-hetero) is 1. The van der Waals surface area contributed by atoms with Crippen molar-refractivity contribution in [1.29, 1.82) is 0 Å². The fourth-order valence-electron chi connectivity index (χ4n) is 1.89. The van der Waals surface area contributed by atoms with Gasteiger partial charge in [-0.25, -0.2) is 8.78 Å². The van der Waals surface area contributed by atoms with Gasteiger partial charge in [0.25, 0.3) is 0 Å². The molecule has 0 atom stereocenters. The summed E-state index contributed by atoms with van der Waals surface area (Å²) >= 11 is 0. The lowest BCUT2D eigenvalue weighted by atomic mass is 10.1. The van der Waals surface area contributed by atoms with Crippen LogP contribution in [0.4, 0.5) is 14.5 Å². The largest absolute Gasteiger partial charge is 0.374 e. The maximum Gasteiger partial charge on any atom is 0.164 e. The van der Waals surface area contributed by atoms with Crippen molar-refractivity contribution >= 4 is 11.5 Å². The zero-order chi connectivity index (χ0) is 14.5. The van der Waals surface area contributed by atoms with Gasteiger partial charge in [0.05, 0.1) is 0 Å². The van der Waals surface area contributed by atoms with Crippen molar-refractivity contribution in [3.8, 4) is 0 Å². The Balaban J connectivity index is 1.94. The molecule has 2 aromatic carbocycles. The second-order valence-corrected chi connectivity index (χ2v) is 4.58. The van der Waals surface area contributed by atoms with Gasteiger partial charge in [-0.05, 0) is 42.5 Å². The summed E-state index contributed by atoms with van der Waals surface area (Å²) in [5, 5.41) is 0. The number of rotatable bonds is 5. The molecule has 0 aromatic heterocycles. The van der Waals surface area contributed by atoms with E-state index >= 15 is 0 Å². The molecule has 0 unspecified atom stereocenters. The maximum atomic E-state index is 13.1. The Hall–Kier alpha value is -2.23. The molecule has 0 heterocycles. The van der Waals surface area contributed by atoms with Crippen LogP contribution in [0.15, 0.2) is 48.5 Å². The van der Waals surface area contributed by atoms with Crippen molar-refractivity contribution in [2.24, 2.45) is 0 Å². The van der Waals surface area contributed by atoms with Gasteiger partial charge in [-0.15, -0.1) is 0 Å². The number of hydrogen-bond acceptors (Lipinski definition) is 2. The molecule has 4 heteroatoms. The molecule has 20 heavy (non-hydrogen) atoms. The fraction of sp³-hybridized carbons (Fsp3) is 0.188. The molecule has 0 spiro atoms. The third-order valence-corrected chi connectivity index (χ3v) is 3.09. The molecule has 0 radical (unpaired) electrons. The van der Waals surface area contributed by atoms with Gasteiger partial charge in [-0.1, -0.05) is 6.07 Å². The van der Waals surface area contributed by atoms with Gasteiger partial charge >= 0.3 is 0 Å². The highest BCUT2D eigenvalue weighted by Gasteiger charge is 2.08. The predicted octanol–water partition coefficient (Wildman–Crippen LogP) is 3.67. The molecule has 104 valence electrons. The first kappa shape index (κ1) is 14.2. The predicted molar refractivity (Wildman–Crippen MR) is 75.0 cm³/mol. The first-order valence-corrected chi connectivity index (χ1v) is 6.32. The lowest BCUT2D eigenvalue weighted by Gasteiger charge is -2.18. The van der Waals surface area contributed by atoms with Gasteiger partial charge in [0.15, 0.2) is 5.78 Å². The fourth-order valence-corrected chi connectivity index (χ4v) is 1.89. The topological polar surface area (TPSA) is 20.3 Å². The summed E-state index contributed by atoms with van der Waals surface area (Å²) in [5.41, 5.74) is 1.20. The van der Waals surface area contributed by atoms with E-state index in [1.54, 1.807) is 19.2 Å². The molecule has 0 saturated heterocycles. The molecule has 2 aromatic rings. The number of benzene rings is 2. The van der Waals surface area contributed by atoms with Crippen LogP contribution >= 0.6 is 0 Å². The Morgan fingerprint density at radius 1 is 1.05 bits per heavy atom. The summed E-state index contributed by atoms with van der Waals surface area (Å²) in [5.74, 6) is -0.731. The van der Waals surface area contributed by atoms with E-state index in [0.29, 0.717) is 18.5 Å². The van der Waals surface area contributed by atoms with Crippen molar-refractivity contribution < 1.29 is 13.6 Å². The van der Waals surface area contributed by atoms with Crippen molar-refractivity contribution in [2.75, 3.05) is 18.5 Å². The smallest absolute Gasteiger partial charge is 0.164 e. The van der Waals surface area contributed by atoms with E-state index in [9.17, 15) is 13.6 Å². The van der Waals surface area contributed by atoms with Crippen LogP contribution in [0, 0.1) is 11.6 Å². The Labute approximate surface area is 116 Å². The zero-order valence-electron chi connectivity index (χ0n) is 11.1. The summed E-state index contributed by atoms with van der Waals surface area (Å²) in [7, 11) is 1.80. The quantitative estimate of drug-likeness (QED) is 0.776. The summed E-state index contributed by atoms with van der Waals surface area (Å²) < 4.78 is 25.9. The van der Waals surface area contributed by atoms with Crippen LogP contribution in [0.2, 0.25) is 0 Å². The second kappa shape index (κ2) is 6.28. The molecule has 0 saturated carbocycles. The summed E-state index contributed by atoms with van der Waals surface area (Å²) in [4.78, 5) is 13.7. The van der Waals surface area contributed by atoms with Crippen LogP contribution in [0.1, 0.15) is 16.8 Å². The molecule has 2 nitrogen and oxygen atoms in total. The molecule has 0 aliphatic heterocycles. The highest BCUT2D eigenvalue weighted by atomic mass is 19.1. The van der Waals surface area contributed by atoms with E-state index < -0.39 is 0 Å². The third-order valence-electron chi connectivity index (χ3n) is 3.09. The SMILES string of the molecule is CN(CCC(=O)c1ccc(F)cc1)c1cccc(F)c1. The van der Waals surface area contributed by atoms with Crippen LogP contribution in [0.5, 0.6) is 0 Å². The van der Waals surface area contributed by atoms with Crippen LogP contribution < -0.4 is 4.90 Å². The number of hydrogen-bond donors (Lipinski definition) is 0. The second-order valence-electron chi connectivity index (χ2n) is 4.58. The number of carbonyl (C=O) groups is 1. The highest BCUT2D eigenvalue weighted by molar-refractivity contribution is 5.96. The zero-order valence-corrected chi connectivity index (χ0v) is 11.1. The molecule has 0 bridgehead atoms. The standard InChI is InChI=1S/C16H15F2NO/c1-19(15-4-2-3-14(18)11-15)10-9-16(20)12-5-7-13(17)8-6-12/h2-8,11H,9-10H2,1H3. The molecule has 2 rings (SSSR count). The van der Waals surface area contributed by atoms with Crippen molar-refractivity contribution in [3.63, 3.8) is 0 Å². The average Bonchev–Trinajstić information content (AvgIpc) is 2.45. The monoisotopic (exact) mass is 275 g/mol. The van der Waals surface area contributed by atoms with Gasteiger partial charge in [0.1, 0.15) is 11.6 Å². The molecule has 0 N–H and O–H groups in total. The van der Waals surface area contributed by atoms with E-state index in [4.69, 9.17) is 0 Å². The highest BCUT2D eigenvalue weighted by Crippen LogP contribution is 2.15. The number of nitrogens with zero attached hydrogens (tertiary/aromatic N) is 1. The van der Waals surface area contributed by atoms with Crippen LogP contribution in [0.25, 0.3) is 0 Å². The van der Waals surface area contributed by atoms with E-state index in [2.05, 4.69) is 0 Å². The van der Waals surface area contributed by atoms with Crippen molar-refractivity contribution in [2.45, 2.75) is 6.42 Å². The van der Waals surface area contributed by atoms with E-state index in [1.165, 1.54) is 36.4 Å². The van der Waals surface area contributed by atoms with Gasteiger partial charge in [-0.3, -0.25) is 4.79 Å². The minimum atomic E-state index is -0.363. The molecular formula is C16H15F2NO. The van der Waals surface area contributed by atoms with Gasteiger partial charge in [-0.2, -0.15) is 0 Å². The molecule has 0 aliphatic rings. The minimum Gasteiger partial charge on any atom is -0.374 e. The lowest BCUT2D eigenvalue weighted by Crippen LogP contribution is -2.21. The van der Waals surface area contributed by atoms with Gasteiger partial charge < -0.3 is 4.90 Å². The average molecular weight is 275 g/mol. The van der Waals surface area contributed by atoms with Crippen LogP contribution in [-0.2, 0) is 0 Å². The summed E-state index contributed by atoms with van der Waals surface area (Å²) in [6.45, 7) is 0.472. The third kappa shape index (κ3) is 3.63. The Kier molecular flexibility index (Phi) is 4.45. The van der Waals surface area contributed by atoms with E-state index in [1.807, 2.05) is 4.90 Å². The Morgan fingerprint density at radius 3 is 2.40 bits per heavy atom. The number of carbonyl (C=O) groups excluding carboxylic acids is 1. The number of ketones is 1. The number of halogens is 2. The van der Waals surface area contributed by atoms with Crippen LogP contribution in [-0.4, -0.2) is 19.4 Å². The van der Waals surface area contributed by atoms with Crippen LogP contribution in [0.3, 0.4) is 0 Å².